The van der Waals surface area contributed by atoms with E-state index in [1.807, 2.05) is 60.7 Å². The minimum atomic E-state index is 0.774. The first-order valence-corrected chi connectivity index (χ1v) is 12.8. The molecular weight excluding hydrogens is 484 g/mol. The standard InChI is InChI=1S/C32H18N6O/c1-3-7-23-19(5-1)9-15-27-31(23)35-37(33-27)21-11-13-25-26-14-12-22(18-30(26)39-29(25)17-21)38-34-28-16-10-20-6-2-4-8-24(20)32(28)36-38/h1-18H. The van der Waals surface area contributed by atoms with Crippen LogP contribution in [-0.2, 0) is 0 Å². The number of nitrogens with zero attached hydrogens (tertiary/aromatic N) is 6. The van der Waals surface area contributed by atoms with Crippen molar-refractivity contribution in [1.82, 2.24) is 30.0 Å². The van der Waals surface area contributed by atoms with E-state index < -0.39 is 0 Å². The fourth-order valence-corrected chi connectivity index (χ4v) is 5.53. The highest BCUT2D eigenvalue weighted by Gasteiger charge is 2.14. The van der Waals surface area contributed by atoms with Crippen LogP contribution in [0, 0.1) is 0 Å². The molecule has 0 unspecified atom stereocenters. The average Bonchev–Trinajstić information content (AvgIpc) is 3.71. The fraction of sp³-hybridized carbons (Fsp3) is 0. The first-order chi connectivity index (χ1) is 19.3. The molecule has 0 saturated heterocycles. The van der Waals surface area contributed by atoms with Gasteiger partial charge in [0.1, 0.15) is 33.2 Å². The number of fused-ring (bicyclic) bond motifs is 9. The van der Waals surface area contributed by atoms with Crippen molar-refractivity contribution in [1.29, 1.82) is 0 Å². The van der Waals surface area contributed by atoms with Gasteiger partial charge in [0.25, 0.3) is 0 Å². The summed E-state index contributed by atoms with van der Waals surface area (Å²) >= 11 is 0. The third-order valence-corrected chi connectivity index (χ3v) is 7.46. The lowest BCUT2D eigenvalue weighted by Gasteiger charge is -1.99. The van der Waals surface area contributed by atoms with Gasteiger partial charge in [0.05, 0.1) is 11.4 Å². The van der Waals surface area contributed by atoms with Crippen molar-refractivity contribution in [2.75, 3.05) is 0 Å². The van der Waals surface area contributed by atoms with E-state index in [2.05, 4.69) is 48.5 Å². The molecule has 0 amide bonds. The van der Waals surface area contributed by atoms with Crippen molar-refractivity contribution >= 4 is 65.6 Å². The lowest BCUT2D eigenvalue weighted by molar-refractivity contribution is 0.664. The molecule has 6 aromatic carbocycles. The third kappa shape index (κ3) is 2.98. The second-order valence-electron chi connectivity index (χ2n) is 9.75. The Bertz CT molecular complexity index is 2240. The normalized spacial score (nSPS) is 12.1. The molecule has 0 aliphatic heterocycles. The monoisotopic (exact) mass is 502 g/mol. The van der Waals surface area contributed by atoms with Gasteiger partial charge in [0, 0.05) is 33.7 Å². The van der Waals surface area contributed by atoms with E-state index in [4.69, 9.17) is 24.8 Å². The van der Waals surface area contributed by atoms with Gasteiger partial charge in [-0.3, -0.25) is 0 Å². The molecule has 0 spiro atoms. The molecule has 3 heterocycles. The Morgan fingerprint density at radius 3 is 1.44 bits per heavy atom. The summed E-state index contributed by atoms with van der Waals surface area (Å²) in [4.78, 5) is 3.36. The zero-order valence-electron chi connectivity index (χ0n) is 20.5. The minimum Gasteiger partial charge on any atom is -0.456 e. The molecule has 182 valence electrons. The summed E-state index contributed by atoms with van der Waals surface area (Å²) in [6.45, 7) is 0. The predicted molar refractivity (Wildman–Crippen MR) is 154 cm³/mol. The molecule has 9 aromatic rings. The van der Waals surface area contributed by atoms with Crippen molar-refractivity contribution in [3.05, 3.63) is 109 Å². The Hall–Kier alpha value is -5.56. The number of rotatable bonds is 2. The number of hydrogen-bond acceptors (Lipinski definition) is 5. The Morgan fingerprint density at radius 1 is 0.436 bits per heavy atom. The summed E-state index contributed by atoms with van der Waals surface area (Å²) in [7, 11) is 0. The molecular formula is C32H18N6O. The van der Waals surface area contributed by atoms with Crippen LogP contribution in [0.4, 0.5) is 0 Å². The molecule has 0 bridgehead atoms. The molecule has 9 rings (SSSR count). The van der Waals surface area contributed by atoms with E-state index in [0.717, 1.165) is 76.9 Å². The molecule has 3 aromatic heterocycles. The Morgan fingerprint density at radius 2 is 0.923 bits per heavy atom. The molecule has 39 heavy (non-hydrogen) atoms. The van der Waals surface area contributed by atoms with E-state index in [1.54, 1.807) is 9.59 Å². The molecule has 0 N–H and O–H groups in total. The summed E-state index contributed by atoms with van der Waals surface area (Å²) < 4.78 is 6.33. The summed E-state index contributed by atoms with van der Waals surface area (Å²) in [6.07, 6.45) is 0. The molecule has 7 heteroatoms. The van der Waals surface area contributed by atoms with Gasteiger partial charge in [0.2, 0.25) is 0 Å². The summed E-state index contributed by atoms with van der Waals surface area (Å²) in [6, 6.07) is 36.8. The molecule has 0 atom stereocenters. The van der Waals surface area contributed by atoms with Crippen molar-refractivity contribution in [2.24, 2.45) is 0 Å². The van der Waals surface area contributed by atoms with Crippen LogP contribution < -0.4 is 0 Å². The van der Waals surface area contributed by atoms with E-state index in [0.29, 0.717) is 0 Å². The third-order valence-electron chi connectivity index (χ3n) is 7.46. The quantitative estimate of drug-likeness (QED) is 0.247. The van der Waals surface area contributed by atoms with E-state index in [-0.39, 0.29) is 0 Å². The minimum absolute atomic E-state index is 0.774. The summed E-state index contributed by atoms with van der Waals surface area (Å²) in [5.74, 6) is 0. The number of hydrogen-bond donors (Lipinski definition) is 0. The topological polar surface area (TPSA) is 74.6 Å². The van der Waals surface area contributed by atoms with Gasteiger partial charge in [-0.25, -0.2) is 0 Å². The Kier molecular flexibility index (Phi) is 3.93. The van der Waals surface area contributed by atoms with E-state index in [1.165, 1.54) is 0 Å². The van der Waals surface area contributed by atoms with Crippen molar-refractivity contribution in [3.8, 4) is 11.4 Å². The van der Waals surface area contributed by atoms with Crippen molar-refractivity contribution < 1.29 is 4.42 Å². The largest absolute Gasteiger partial charge is 0.456 e. The summed E-state index contributed by atoms with van der Waals surface area (Å²) in [5.41, 5.74) is 6.71. The maximum atomic E-state index is 6.33. The zero-order valence-corrected chi connectivity index (χ0v) is 20.5. The summed E-state index contributed by atoms with van der Waals surface area (Å²) in [5, 5.41) is 25.6. The van der Waals surface area contributed by atoms with Crippen LogP contribution >= 0.6 is 0 Å². The second kappa shape index (κ2) is 7.49. The maximum absolute atomic E-state index is 6.33. The highest BCUT2D eigenvalue weighted by Crippen LogP contribution is 2.32. The molecule has 0 radical (unpaired) electrons. The lowest BCUT2D eigenvalue weighted by Crippen LogP contribution is -1.97. The Balaban J connectivity index is 1.16. The van der Waals surface area contributed by atoms with Gasteiger partial charge in [0.15, 0.2) is 0 Å². The molecule has 0 saturated carbocycles. The molecule has 0 aliphatic carbocycles. The zero-order chi connectivity index (χ0) is 25.5. The molecule has 0 fully saturated rings. The average molecular weight is 503 g/mol. The number of furan rings is 1. The molecule has 7 nitrogen and oxygen atoms in total. The fourth-order valence-electron chi connectivity index (χ4n) is 5.53. The Labute approximate surface area is 220 Å². The highest BCUT2D eigenvalue weighted by atomic mass is 16.3. The van der Waals surface area contributed by atoms with Crippen molar-refractivity contribution in [2.45, 2.75) is 0 Å². The van der Waals surface area contributed by atoms with Crippen LogP contribution in [0.2, 0.25) is 0 Å². The predicted octanol–water partition coefficient (Wildman–Crippen LogP) is 7.36. The smallest absolute Gasteiger partial charge is 0.137 e. The maximum Gasteiger partial charge on any atom is 0.137 e. The van der Waals surface area contributed by atoms with Crippen molar-refractivity contribution in [3.63, 3.8) is 0 Å². The lowest BCUT2D eigenvalue weighted by atomic mass is 10.1. The van der Waals surface area contributed by atoms with Crippen LogP contribution in [0.15, 0.2) is 114 Å². The van der Waals surface area contributed by atoms with E-state index in [9.17, 15) is 0 Å². The molecule has 0 aliphatic rings. The van der Waals surface area contributed by atoms with Gasteiger partial charge < -0.3 is 4.42 Å². The van der Waals surface area contributed by atoms with Gasteiger partial charge in [-0.2, -0.15) is 9.59 Å². The van der Waals surface area contributed by atoms with Gasteiger partial charge in [-0.15, -0.1) is 20.4 Å². The van der Waals surface area contributed by atoms with Crippen LogP contribution in [0.3, 0.4) is 0 Å². The SMILES string of the molecule is c1ccc2c(c1)ccc1nn(-c3ccc4c(c3)oc3cc(-n5nc6ccc7ccccc7c6n5)ccc34)nc12. The van der Waals surface area contributed by atoms with Crippen LogP contribution in [0.1, 0.15) is 0 Å². The number of aromatic nitrogens is 6. The van der Waals surface area contributed by atoms with Crippen LogP contribution in [0.5, 0.6) is 0 Å². The first-order valence-electron chi connectivity index (χ1n) is 12.8. The van der Waals surface area contributed by atoms with Crippen LogP contribution in [-0.4, -0.2) is 30.0 Å². The van der Waals surface area contributed by atoms with Crippen LogP contribution in [0.25, 0.3) is 76.9 Å². The first kappa shape index (κ1) is 20.5. The number of benzene rings is 6. The van der Waals surface area contributed by atoms with Gasteiger partial charge in [-0.05, 0) is 47.2 Å². The van der Waals surface area contributed by atoms with E-state index >= 15 is 0 Å². The van der Waals surface area contributed by atoms with Gasteiger partial charge in [-0.1, -0.05) is 60.7 Å². The highest BCUT2D eigenvalue weighted by molar-refractivity contribution is 6.07. The second-order valence-corrected chi connectivity index (χ2v) is 9.75. The van der Waals surface area contributed by atoms with Gasteiger partial charge >= 0.3 is 0 Å².